The van der Waals surface area contributed by atoms with E-state index in [1.54, 1.807) is 0 Å². The summed E-state index contributed by atoms with van der Waals surface area (Å²) in [6, 6.07) is 0. The van der Waals surface area contributed by atoms with Gasteiger partial charge in [-0.1, -0.05) is 46.0 Å². The molecule has 0 aromatic carbocycles. The maximum Gasteiger partial charge on any atom is 0.0466 e. The molecule has 1 aliphatic carbocycles. The molecule has 1 saturated heterocycles. The minimum absolute atomic E-state index is 0. The lowest BCUT2D eigenvalue weighted by Gasteiger charge is -1.76. The van der Waals surface area contributed by atoms with Gasteiger partial charge in [0.2, 0.25) is 0 Å². The Balaban J connectivity index is 0. The average molecular weight is 192 g/mol. The topological polar surface area (TPSA) is 9.23 Å². The highest BCUT2D eigenvalue weighted by Crippen LogP contribution is 2.15. The molecule has 0 N–H and O–H groups in total. The zero-order valence-corrected chi connectivity index (χ0v) is 9.18. The van der Waals surface area contributed by atoms with E-state index >= 15 is 0 Å². The fraction of sp³-hybridized carbons (Fsp3) is 1.00. The molecule has 2 aliphatic rings. The van der Waals surface area contributed by atoms with Crippen molar-refractivity contribution in [3.63, 3.8) is 0 Å². The summed E-state index contributed by atoms with van der Waals surface area (Å²) in [5, 5.41) is 0. The van der Waals surface area contributed by atoms with Crippen molar-refractivity contribution < 1.29 is 9.44 Å². The Labute approximate surface area is 82.2 Å². The highest BCUT2D eigenvalue weighted by Gasteiger charge is 1.95. The fourth-order valence-corrected chi connectivity index (χ4v) is 1.39. The van der Waals surface area contributed by atoms with Crippen molar-refractivity contribution in [3.05, 3.63) is 0 Å². The molecule has 2 fully saturated rings. The van der Waals surface area contributed by atoms with Gasteiger partial charge in [0, 0.05) is 13.2 Å². The molecular formula is C11H25FO. The molecule has 0 unspecified atom stereocenters. The summed E-state index contributed by atoms with van der Waals surface area (Å²) in [7, 11) is 0. The van der Waals surface area contributed by atoms with Crippen LogP contribution >= 0.6 is 0 Å². The smallest absolute Gasteiger partial charge is 0.0466 e. The van der Waals surface area contributed by atoms with Gasteiger partial charge in [-0.3, -0.25) is 4.70 Å². The predicted molar refractivity (Wildman–Crippen MR) is 57.0 cm³/mol. The second-order valence-electron chi connectivity index (χ2n) is 3.09. The van der Waals surface area contributed by atoms with E-state index in [-0.39, 0.29) is 4.70 Å². The first-order valence-corrected chi connectivity index (χ1v) is 5.58. The summed E-state index contributed by atoms with van der Waals surface area (Å²) >= 11 is 0. The van der Waals surface area contributed by atoms with Gasteiger partial charge in [-0.15, -0.1) is 0 Å². The van der Waals surface area contributed by atoms with Gasteiger partial charge in [-0.05, 0) is 12.8 Å². The molecule has 1 aliphatic heterocycles. The van der Waals surface area contributed by atoms with Crippen LogP contribution in [-0.2, 0) is 4.74 Å². The third-order valence-corrected chi connectivity index (χ3v) is 2.08. The first kappa shape index (κ1) is 15.4. The van der Waals surface area contributed by atoms with E-state index in [0.717, 1.165) is 13.2 Å². The van der Waals surface area contributed by atoms with E-state index in [9.17, 15) is 0 Å². The summed E-state index contributed by atoms with van der Waals surface area (Å²) in [6.07, 6.45) is 10.1. The van der Waals surface area contributed by atoms with Crippen LogP contribution in [0.4, 0.5) is 4.70 Å². The van der Waals surface area contributed by atoms with Crippen molar-refractivity contribution in [2.24, 2.45) is 0 Å². The summed E-state index contributed by atoms with van der Waals surface area (Å²) in [5.41, 5.74) is 0. The van der Waals surface area contributed by atoms with E-state index in [1.165, 1.54) is 44.9 Å². The maximum absolute atomic E-state index is 4.94. The zero-order valence-electron chi connectivity index (χ0n) is 9.18. The van der Waals surface area contributed by atoms with Crippen molar-refractivity contribution in [2.45, 2.75) is 58.8 Å². The molecule has 0 amide bonds. The second kappa shape index (κ2) is 14.4. The Morgan fingerprint density at radius 1 is 0.615 bits per heavy atom. The van der Waals surface area contributed by atoms with Crippen molar-refractivity contribution in [1.29, 1.82) is 0 Å². The molecule has 2 heteroatoms. The summed E-state index contributed by atoms with van der Waals surface area (Å²) in [5.74, 6) is 0. The molecule has 1 saturated carbocycles. The van der Waals surface area contributed by atoms with Crippen LogP contribution in [0.5, 0.6) is 0 Å². The minimum Gasteiger partial charge on any atom is -0.381 e. The van der Waals surface area contributed by atoms with Crippen molar-refractivity contribution in [3.8, 4) is 0 Å². The Morgan fingerprint density at radius 3 is 1.08 bits per heavy atom. The molecular weight excluding hydrogens is 167 g/mol. The summed E-state index contributed by atoms with van der Waals surface area (Å²) in [6.45, 7) is 6.00. The molecule has 13 heavy (non-hydrogen) atoms. The molecule has 0 aromatic rings. The number of halogens is 1. The molecule has 0 aromatic heterocycles. The molecule has 0 radical (unpaired) electrons. The van der Waals surface area contributed by atoms with Crippen LogP contribution in [0.3, 0.4) is 0 Å². The second-order valence-corrected chi connectivity index (χ2v) is 3.09. The fourth-order valence-electron chi connectivity index (χ4n) is 1.39. The number of hydrogen-bond donors (Lipinski definition) is 0. The van der Waals surface area contributed by atoms with E-state index in [0.29, 0.717) is 0 Å². The number of rotatable bonds is 0. The lowest BCUT2D eigenvalue weighted by molar-refractivity contribution is 0.198. The van der Waals surface area contributed by atoms with Crippen LogP contribution in [0.1, 0.15) is 58.8 Å². The maximum atomic E-state index is 4.94. The lowest BCUT2D eigenvalue weighted by Crippen LogP contribution is -1.74. The molecule has 82 valence electrons. The van der Waals surface area contributed by atoms with Gasteiger partial charge in [0.15, 0.2) is 0 Å². The number of ether oxygens (including phenoxy) is 1. The van der Waals surface area contributed by atoms with Crippen molar-refractivity contribution >= 4 is 0 Å². The van der Waals surface area contributed by atoms with E-state index < -0.39 is 0 Å². The summed E-state index contributed by atoms with van der Waals surface area (Å²) in [4.78, 5) is 0. The molecule has 1 nitrogen and oxygen atoms in total. The van der Waals surface area contributed by atoms with Crippen molar-refractivity contribution in [1.82, 2.24) is 0 Å². The van der Waals surface area contributed by atoms with Gasteiger partial charge in [-0.2, -0.15) is 0 Å². The monoisotopic (exact) mass is 192 g/mol. The van der Waals surface area contributed by atoms with Gasteiger partial charge >= 0.3 is 0 Å². The van der Waals surface area contributed by atoms with E-state index in [4.69, 9.17) is 4.74 Å². The Morgan fingerprint density at radius 2 is 0.923 bits per heavy atom. The van der Waals surface area contributed by atoms with Gasteiger partial charge in [0.05, 0.1) is 0 Å². The van der Waals surface area contributed by atoms with Crippen LogP contribution < -0.4 is 0 Å². The lowest BCUT2D eigenvalue weighted by atomic mass is 10.4. The Kier molecular flexibility index (Phi) is 17.0. The molecule has 0 spiro atoms. The third-order valence-electron chi connectivity index (χ3n) is 2.08. The van der Waals surface area contributed by atoms with Gasteiger partial charge < -0.3 is 4.74 Å². The van der Waals surface area contributed by atoms with Crippen LogP contribution in [0.15, 0.2) is 0 Å². The highest BCUT2D eigenvalue weighted by atomic mass is 19.0. The Bertz CT molecular complexity index is 43.3. The minimum atomic E-state index is 0. The predicted octanol–water partition coefficient (Wildman–Crippen LogP) is 3.93. The van der Waals surface area contributed by atoms with Gasteiger partial charge in [0.1, 0.15) is 0 Å². The van der Waals surface area contributed by atoms with Crippen molar-refractivity contribution in [2.75, 3.05) is 13.2 Å². The standard InChI is InChI=1S/C5H10.C4H8O.C2H6.FH/c2*1-2-4-5-3-1;1-2;/h1-5H2;1-4H2;1-2H3;1H. The quantitative estimate of drug-likeness (QED) is 0.565. The van der Waals surface area contributed by atoms with Crippen LogP contribution in [0.25, 0.3) is 0 Å². The summed E-state index contributed by atoms with van der Waals surface area (Å²) < 4.78 is 4.94. The molecule has 1 heterocycles. The highest BCUT2D eigenvalue weighted by molar-refractivity contribution is 4.51. The van der Waals surface area contributed by atoms with Gasteiger partial charge in [-0.25, -0.2) is 0 Å². The SMILES string of the molecule is C1CCCC1.C1CCOC1.CC.F. The Hall–Kier alpha value is -0.110. The average Bonchev–Trinajstić information content (AvgIpc) is 2.87. The van der Waals surface area contributed by atoms with Crippen LogP contribution in [-0.4, -0.2) is 13.2 Å². The normalized spacial score (nSPS) is 18.9. The molecule has 0 bridgehead atoms. The first-order valence-electron chi connectivity index (χ1n) is 5.58. The van der Waals surface area contributed by atoms with Crippen LogP contribution in [0, 0.1) is 0 Å². The van der Waals surface area contributed by atoms with Gasteiger partial charge in [0.25, 0.3) is 0 Å². The van der Waals surface area contributed by atoms with E-state index in [1.807, 2.05) is 13.8 Å². The van der Waals surface area contributed by atoms with E-state index in [2.05, 4.69) is 0 Å². The molecule has 0 atom stereocenters. The zero-order chi connectivity index (χ0) is 9.07. The first-order chi connectivity index (χ1) is 6.00. The third kappa shape index (κ3) is 11.9. The largest absolute Gasteiger partial charge is 0.381 e. The molecule has 2 rings (SSSR count). The number of hydrogen-bond acceptors (Lipinski definition) is 1. The van der Waals surface area contributed by atoms with Crippen LogP contribution in [0.2, 0.25) is 0 Å².